The fourth-order valence-corrected chi connectivity index (χ4v) is 2.30. The Bertz CT molecular complexity index is 610. The molecule has 6 nitrogen and oxygen atoms in total. The first-order valence-electron chi connectivity index (χ1n) is 8.17. The van der Waals surface area contributed by atoms with Crippen molar-refractivity contribution < 1.29 is 23.8 Å². The Balaban J connectivity index is 2.90. The largest absolute Gasteiger partial charge is 0.497 e. The molecule has 0 heterocycles. The number of nitrogens with zero attached hydrogens (tertiary/aromatic N) is 1. The van der Waals surface area contributed by atoms with E-state index in [1.54, 1.807) is 43.4 Å². The Morgan fingerprint density at radius 2 is 1.88 bits per heavy atom. The van der Waals surface area contributed by atoms with Gasteiger partial charge in [0.15, 0.2) is 0 Å². The van der Waals surface area contributed by atoms with Crippen LogP contribution in [0.15, 0.2) is 24.3 Å². The van der Waals surface area contributed by atoms with Crippen LogP contribution in [0.25, 0.3) is 6.08 Å². The van der Waals surface area contributed by atoms with Crippen molar-refractivity contribution >= 4 is 18.0 Å². The van der Waals surface area contributed by atoms with Crippen LogP contribution in [0.4, 0.5) is 0 Å². The molecule has 1 rings (SSSR count). The number of methoxy groups -OCH3 is 3. The lowest BCUT2D eigenvalue weighted by atomic mass is 10.1. The van der Waals surface area contributed by atoms with Gasteiger partial charge in [-0.3, -0.25) is 9.59 Å². The van der Waals surface area contributed by atoms with Gasteiger partial charge in [-0.25, -0.2) is 0 Å². The van der Waals surface area contributed by atoms with Crippen molar-refractivity contribution in [1.29, 1.82) is 0 Å². The molecule has 138 valence electrons. The summed E-state index contributed by atoms with van der Waals surface area (Å²) in [6.45, 7) is 4.93. The van der Waals surface area contributed by atoms with Crippen molar-refractivity contribution in [3.63, 3.8) is 0 Å². The lowest BCUT2D eigenvalue weighted by Crippen LogP contribution is -2.34. The van der Waals surface area contributed by atoms with Crippen molar-refractivity contribution in [2.75, 3.05) is 34.4 Å². The van der Waals surface area contributed by atoms with Crippen LogP contribution in [0, 0.1) is 5.92 Å². The fraction of sp³-hybridized carbons (Fsp3) is 0.474. The maximum absolute atomic E-state index is 12.5. The molecule has 0 fully saturated rings. The van der Waals surface area contributed by atoms with Gasteiger partial charge in [0.1, 0.15) is 11.5 Å². The Labute approximate surface area is 149 Å². The molecule has 0 bridgehead atoms. The molecule has 0 aliphatic rings. The summed E-state index contributed by atoms with van der Waals surface area (Å²) in [6.07, 6.45) is 3.34. The summed E-state index contributed by atoms with van der Waals surface area (Å²) in [5, 5.41) is 0. The summed E-state index contributed by atoms with van der Waals surface area (Å²) in [5.74, 6) is 1.12. The maximum Gasteiger partial charge on any atom is 0.307 e. The zero-order chi connectivity index (χ0) is 18.8. The van der Waals surface area contributed by atoms with Gasteiger partial charge in [0.25, 0.3) is 0 Å². The van der Waals surface area contributed by atoms with E-state index in [1.807, 2.05) is 13.8 Å². The van der Waals surface area contributed by atoms with Crippen LogP contribution in [0.3, 0.4) is 0 Å². The van der Waals surface area contributed by atoms with E-state index in [0.29, 0.717) is 30.5 Å². The van der Waals surface area contributed by atoms with Crippen molar-refractivity contribution in [1.82, 2.24) is 4.90 Å². The molecule has 1 amide bonds. The van der Waals surface area contributed by atoms with Crippen LogP contribution >= 0.6 is 0 Å². The highest BCUT2D eigenvalue weighted by atomic mass is 16.5. The van der Waals surface area contributed by atoms with Crippen molar-refractivity contribution in [2.45, 2.75) is 20.3 Å². The zero-order valence-corrected chi connectivity index (χ0v) is 15.6. The smallest absolute Gasteiger partial charge is 0.307 e. The summed E-state index contributed by atoms with van der Waals surface area (Å²) < 4.78 is 15.2. The number of hydrogen-bond donors (Lipinski definition) is 0. The van der Waals surface area contributed by atoms with Crippen LogP contribution in [0.1, 0.15) is 25.8 Å². The van der Waals surface area contributed by atoms with Gasteiger partial charge < -0.3 is 19.1 Å². The quantitative estimate of drug-likeness (QED) is 0.507. The number of benzene rings is 1. The Morgan fingerprint density at radius 3 is 2.44 bits per heavy atom. The first-order valence-corrected chi connectivity index (χ1v) is 8.17. The van der Waals surface area contributed by atoms with E-state index < -0.39 is 0 Å². The fourth-order valence-electron chi connectivity index (χ4n) is 2.30. The van der Waals surface area contributed by atoms with Crippen LogP contribution < -0.4 is 9.47 Å². The summed E-state index contributed by atoms with van der Waals surface area (Å²) in [7, 11) is 4.49. The molecule has 0 saturated heterocycles. The zero-order valence-electron chi connectivity index (χ0n) is 15.6. The van der Waals surface area contributed by atoms with Gasteiger partial charge in [-0.05, 0) is 30.2 Å². The van der Waals surface area contributed by atoms with E-state index in [-0.39, 0.29) is 18.3 Å². The lowest BCUT2D eigenvalue weighted by Gasteiger charge is -2.22. The Morgan fingerprint density at radius 1 is 1.16 bits per heavy atom. The van der Waals surface area contributed by atoms with Gasteiger partial charge in [-0.15, -0.1) is 0 Å². The monoisotopic (exact) mass is 349 g/mol. The second-order valence-electron chi connectivity index (χ2n) is 5.95. The summed E-state index contributed by atoms with van der Waals surface area (Å²) in [4.78, 5) is 25.5. The summed E-state index contributed by atoms with van der Waals surface area (Å²) in [6, 6.07) is 5.37. The third-order valence-electron chi connectivity index (χ3n) is 3.55. The van der Waals surface area contributed by atoms with Crippen LogP contribution in [0.2, 0.25) is 0 Å². The molecule has 25 heavy (non-hydrogen) atoms. The molecule has 0 saturated carbocycles. The van der Waals surface area contributed by atoms with E-state index in [1.165, 1.54) is 13.2 Å². The van der Waals surface area contributed by atoms with E-state index in [2.05, 4.69) is 4.74 Å². The third kappa shape index (κ3) is 6.87. The Kier molecular flexibility index (Phi) is 8.53. The third-order valence-corrected chi connectivity index (χ3v) is 3.55. The molecule has 0 aromatic heterocycles. The van der Waals surface area contributed by atoms with Crippen molar-refractivity contribution in [2.24, 2.45) is 5.92 Å². The number of carbonyl (C=O) groups is 2. The molecule has 0 radical (unpaired) electrons. The average molecular weight is 349 g/mol. The second-order valence-corrected chi connectivity index (χ2v) is 5.95. The first-order chi connectivity index (χ1) is 11.9. The number of amides is 1. The highest BCUT2D eigenvalue weighted by Gasteiger charge is 2.14. The minimum atomic E-state index is -0.333. The van der Waals surface area contributed by atoms with Gasteiger partial charge in [0.2, 0.25) is 5.91 Å². The summed E-state index contributed by atoms with van der Waals surface area (Å²) >= 11 is 0. The number of esters is 1. The molecule has 1 aromatic rings. The van der Waals surface area contributed by atoms with Gasteiger partial charge in [0, 0.05) is 24.7 Å². The molecule has 6 heteroatoms. The van der Waals surface area contributed by atoms with Crippen LogP contribution in [-0.4, -0.2) is 51.2 Å². The predicted octanol–water partition coefficient (Wildman–Crippen LogP) is 2.76. The number of carbonyl (C=O) groups excluding carboxylic acids is 2. The van der Waals surface area contributed by atoms with Gasteiger partial charge in [-0.2, -0.15) is 0 Å². The highest BCUT2D eigenvalue weighted by molar-refractivity contribution is 5.92. The number of hydrogen-bond acceptors (Lipinski definition) is 5. The maximum atomic E-state index is 12.5. The van der Waals surface area contributed by atoms with Crippen LogP contribution in [-0.2, 0) is 14.3 Å². The number of ether oxygens (including phenoxy) is 3. The van der Waals surface area contributed by atoms with E-state index >= 15 is 0 Å². The SMILES string of the molecule is COC(=O)CCN(CC(C)C)C(=O)/C=C/c1cc(OC)ccc1OC. The molecule has 0 N–H and O–H groups in total. The van der Waals surface area contributed by atoms with Crippen LogP contribution in [0.5, 0.6) is 11.5 Å². The highest BCUT2D eigenvalue weighted by Crippen LogP contribution is 2.25. The minimum Gasteiger partial charge on any atom is -0.497 e. The number of rotatable bonds is 9. The predicted molar refractivity (Wildman–Crippen MR) is 96.6 cm³/mol. The lowest BCUT2D eigenvalue weighted by molar-refractivity contribution is -0.141. The summed E-state index contributed by atoms with van der Waals surface area (Å²) in [5.41, 5.74) is 0.743. The standard InChI is InChI=1S/C19H27NO5/c1-14(2)13-20(11-10-19(22)25-5)18(21)9-6-15-12-16(23-3)7-8-17(15)24-4/h6-9,12,14H,10-11,13H2,1-5H3/b9-6+. The molecule has 0 atom stereocenters. The van der Waals surface area contributed by atoms with Gasteiger partial charge in [0.05, 0.1) is 27.8 Å². The molecule has 0 aliphatic carbocycles. The topological polar surface area (TPSA) is 65.1 Å². The first kappa shape index (κ1) is 20.5. The minimum absolute atomic E-state index is 0.164. The molecule has 0 aliphatic heterocycles. The normalized spacial score (nSPS) is 10.8. The molecular weight excluding hydrogens is 322 g/mol. The Hall–Kier alpha value is -2.50. The molecule has 1 aromatic carbocycles. The van der Waals surface area contributed by atoms with Gasteiger partial charge in [-0.1, -0.05) is 13.8 Å². The van der Waals surface area contributed by atoms with E-state index in [9.17, 15) is 9.59 Å². The average Bonchev–Trinajstić information content (AvgIpc) is 2.61. The molecule has 0 unspecified atom stereocenters. The van der Waals surface area contributed by atoms with Gasteiger partial charge >= 0.3 is 5.97 Å². The van der Waals surface area contributed by atoms with E-state index in [0.717, 1.165) is 5.56 Å². The van der Waals surface area contributed by atoms with Crippen molar-refractivity contribution in [3.05, 3.63) is 29.8 Å². The van der Waals surface area contributed by atoms with Crippen molar-refractivity contribution in [3.8, 4) is 11.5 Å². The molecule has 0 spiro atoms. The molecular formula is C19H27NO5. The second kappa shape index (κ2) is 10.4. The van der Waals surface area contributed by atoms with E-state index in [4.69, 9.17) is 9.47 Å².